The van der Waals surface area contributed by atoms with Gasteiger partial charge in [-0.15, -0.1) is 10.2 Å². The van der Waals surface area contributed by atoms with E-state index in [-0.39, 0.29) is 6.10 Å². The van der Waals surface area contributed by atoms with Gasteiger partial charge in [-0.25, -0.2) is 0 Å². The molecule has 0 saturated carbocycles. The Hall–Kier alpha value is -1.02. The summed E-state index contributed by atoms with van der Waals surface area (Å²) in [6.07, 6.45) is 3.89. The normalized spacial score (nSPS) is 22.7. The van der Waals surface area contributed by atoms with Gasteiger partial charge in [-0.2, -0.15) is 0 Å². The quantitative estimate of drug-likeness (QED) is 0.788. The van der Waals surface area contributed by atoms with Crippen molar-refractivity contribution in [1.29, 1.82) is 0 Å². The molecule has 3 rings (SSSR count). The molecule has 2 aliphatic heterocycles. The molecular formula is C16H30N6O. The van der Waals surface area contributed by atoms with Crippen molar-refractivity contribution >= 4 is 0 Å². The van der Waals surface area contributed by atoms with Crippen molar-refractivity contribution in [1.82, 2.24) is 24.6 Å². The first-order valence-corrected chi connectivity index (χ1v) is 8.88. The highest BCUT2D eigenvalue weighted by atomic mass is 16.3. The van der Waals surface area contributed by atoms with Gasteiger partial charge in [-0.3, -0.25) is 4.90 Å². The number of nitrogens with zero attached hydrogens (tertiary/aromatic N) is 5. The number of hydrogen-bond acceptors (Lipinski definition) is 6. The molecule has 7 nitrogen and oxygen atoms in total. The highest BCUT2D eigenvalue weighted by Gasteiger charge is 2.26. The Balaban J connectivity index is 1.57. The van der Waals surface area contributed by atoms with E-state index in [0.29, 0.717) is 5.92 Å². The summed E-state index contributed by atoms with van der Waals surface area (Å²) in [5.74, 6) is 2.68. The highest BCUT2D eigenvalue weighted by Crippen LogP contribution is 2.27. The molecule has 0 unspecified atom stereocenters. The van der Waals surface area contributed by atoms with Crippen LogP contribution in [0.1, 0.15) is 43.3 Å². The zero-order valence-corrected chi connectivity index (χ0v) is 14.2. The third-order valence-electron chi connectivity index (χ3n) is 5.32. The molecule has 0 bridgehead atoms. The minimum atomic E-state index is -0.125. The van der Waals surface area contributed by atoms with E-state index in [4.69, 9.17) is 5.73 Å². The molecule has 0 amide bonds. The predicted molar refractivity (Wildman–Crippen MR) is 89.0 cm³/mol. The molecule has 1 aromatic rings. The van der Waals surface area contributed by atoms with E-state index in [1.165, 1.54) is 0 Å². The first kappa shape index (κ1) is 16.8. The van der Waals surface area contributed by atoms with Crippen molar-refractivity contribution in [3.8, 4) is 0 Å². The van der Waals surface area contributed by atoms with Crippen molar-refractivity contribution in [2.75, 3.05) is 39.3 Å². The van der Waals surface area contributed by atoms with Gasteiger partial charge in [-0.1, -0.05) is 0 Å². The van der Waals surface area contributed by atoms with Gasteiger partial charge >= 0.3 is 0 Å². The molecular weight excluding hydrogens is 292 g/mol. The van der Waals surface area contributed by atoms with E-state index < -0.39 is 0 Å². The Kier molecular flexibility index (Phi) is 5.63. The average Bonchev–Trinajstić information content (AvgIpc) is 2.92. The molecule has 2 aliphatic rings. The van der Waals surface area contributed by atoms with Crippen LogP contribution in [0.5, 0.6) is 0 Å². The van der Waals surface area contributed by atoms with Gasteiger partial charge in [0.15, 0.2) is 0 Å². The zero-order chi connectivity index (χ0) is 16.2. The maximum Gasteiger partial charge on any atom is 0.146 e. The van der Waals surface area contributed by atoms with Crippen LogP contribution in [0.4, 0.5) is 0 Å². The first-order chi connectivity index (χ1) is 11.2. The summed E-state index contributed by atoms with van der Waals surface area (Å²) >= 11 is 0. The lowest BCUT2D eigenvalue weighted by atomic mass is 9.96. The fourth-order valence-electron chi connectivity index (χ4n) is 3.74. The molecule has 23 heavy (non-hydrogen) atoms. The standard InChI is InChI=1S/C16H30N6O/c1-20-15(12-22-9-4-14(23)5-10-22)18-19-16(20)13-2-7-21(8-3-13)11-6-17/h13-14,23H,2-12,17H2,1H3. The molecule has 0 spiro atoms. The van der Waals surface area contributed by atoms with Gasteiger partial charge in [0.05, 0.1) is 12.6 Å². The van der Waals surface area contributed by atoms with Crippen LogP contribution in [0.25, 0.3) is 0 Å². The molecule has 130 valence electrons. The Bertz CT molecular complexity index is 489. The van der Waals surface area contributed by atoms with Gasteiger partial charge < -0.3 is 20.3 Å². The zero-order valence-electron chi connectivity index (χ0n) is 14.2. The van der Waals surface area contributed by atoms with E-state index in [9.17, 15) is 5.11 Å². The number of aromatic nitrogens is 3. The van der Waals surface area contributed by atoms with Crippen LogP contribution < -0.4 is 5.73 Å². The number of rotatable bonds is 5. The fourth-order valence-corrected chi connectivity index (χ4v) is 3.74. The number of aliphatic hydroxyl groups excluding tert-OH is 1. The molecule has 2 fully saturated rings. The van der Waals surface area contributed by atoms with Crippen LogP contribution in [0.15, 0.2) is 0 Å². The van der Waals surface area contributed by atoms with Gasteiger partial charge in [0.2, 0.25) is 0 Å². The van der Waals surface area contributed by atoms with Gasteiger partial charge in [0.25, 0.3) is 0 Å². The smallest absolute Gasteiger partial charge is 0.146 e. The maximum atomic E-state index is 9.61. The molecule has 0 aliphatic carbocycles. The van der Waals surface area contributed by atoms with Crippen LogP contribution in [0.3, 0.4) is 0 Å². The minimum Gasteiger partial charge on any atom is -0.393 e. The van der Waals surface area contributed by atoms with Crippen molar-refractivity contribution in [3.63, 3.8) is 0 Å². The molecule has 3 N–H and O–H groups in total. The molecule has 3 heterocycles. The van der Waals surface area contributed by atoms with Crippen molar-refractivity contribution in [2.45, 2.75) is 44.2 Å². The number of piperidine rings is 2. The summed E-state index contributed by atoms with van der Waals surface area (Å²) in [7, 11) is 2.09. The Morgan fingerprint density at radius 2 is 1.70 bits per heavy atom. The summed E-state index contributed by atoms with van der Waals surface area (Å²) in [4.78, 5) is 4.80. The van der Waals surface area contributed by atoms with Crippen molar-refractivity contribution in [3.05, 3.63) is 11.6 Å². The lowest BCUT2D eigenvalue weighted by Gasteiger charge is -2.31. The monoisotopic (exact) mass is 322 g/mol. The summed E-state index contributed by atoms with van der Waals surface area (Å²) in [5.41, 5.74) is 5.64. The second-order valence-electron chi connectivity index (χ2n) is 6.95. The first-order valence-electron chi connectivity index (χ1n) is 8.88. The average molecular weight is 322 g/mol. The van der Waals surface area contributed by atoms with Gasteiger partial charge in [-0.05, 0) is 38.8 Å². The fraction of sp³-hybridized carbons (Fsp3) is 0.875. The number of nitrogens with two attached hydrogens (primary N) is 1. The second kappa shape index (κ2) is 7.70. The molecule has 1 aromatic heterocycles. The third-order valence-corrected chi connectivity index (χ3v) is 5.32. The van der Waals surface area contributed by atoms with Crippen LogP contribution in [-0.2, 0) is 13.6 Å². The number of hydrogen-bond donors (Lipinski definition) is 2. The lowest BCUT2D eigenvalue weighted by molar-refractivity contribution is 0.0775. The van der Waals surface area contributed by atoms with E-state index in [2.05, 4.69) is 31.6 Å². The van der Waals surface area contributed by atoms with Crippen LogP contribution in [-0.4, -0.2) is 75.0 Å². The molecule has 0 aromatic carbocycles. The predicted octanol–water partition coefficient (Wildman–Crippen LogP) is -0.0901. The summed E-state index contributed by atoms with van der Waals surface area (Å²) in [6, 6.07) is 0. The van der Waals surface area contributed by atoms with E-state index in [1.54, 1.807) is 0 Å². The molecule has 0 atom stereocenters. The summed E-state index contributed by atoms with van der Waals surface area (Å²) in [6.45, 7) is 6.67. The van der Waals surface area contributed by atoms with E-state index in [1.807, 2.05) is 0 Å². The second-order valence-corrected chi connectivity index (χ2v) is 6.95. The van der Waals surface area contributed by atoms with E-state index in [0.717, 1.165) is 83.1 Å². The highest BCUT2D eigenvalue weighted by molar-refractivity contribution is 5.03. The summed E-state index contributed by atoms with van der Waals surface area (Å²) < 4.78 is 2.19. The number of likely N-dealkylation sites (tertiary alicyclic amines) is 2. The minimum absolute atomic E-state index is 0.125. The van der Waals surface area contributed by atoms with Crippen LogP contribution >= 0.6 is 0 Å². The number of aliphatic hydroxyl groups is 1. The summed E-state index contributed by atoms with van der Waals surface area (Å²) in [5, 5.41) is 18.5. The Morgan fingerprint density at radius 3 is 2.35 bits per heavy atom. The Morgan fingerprint density at radius 1 is 1.04 bits per heavy atom. The van der Waals surface area contributed by atoms with Crippen LogP contribution in [0.2, 0.25) is 0 Å². The van der Waals surface area contributed by atoms with Crippen molar-refractivity contribution in [2.24, 2.45) is 12.8 Å². The largest absolute Gasteiger partial charge is 0.393 e. The van der Waals surface area contributed by atoms with Gasteiger partial charge in [0, 0.05) is 39.1 Å². The third kappa shape index (κ3) is 4.09. The lowest BCUT2D eigenvalue weighted by Crippen LogP contribution is -2.37. The topological polar surface area (TPSA) is 83.4 Å². The SMILES string of the molecule is Cn1c(CN2CCC(O)CC2)nnc1C1CCN(CCN)CC1. The van der Waals surface area contributed by atoms with Crippen molar-refractivity contribution < 1.29 is 5.11 Å². The van der Waals surface area contributed by atoms with E-state index >= 15 is 0 Å². The molecule has 7 heteroatoms. The molecule has 2 saturated heterocycles. The van der Waals surface area contributed by atoms with Gasteiger partial charge in [0.1, 0.15) is 11.6 Å². The van der Waals surface area contributed by atoms with Crippen LogP contribution in [0, 0.1) is 0 Å². The Labute approximate surface area is 138 Å². The molecule has 0 radical (unpaired) electrons. The maximum absolute atomic E-state index is 9.61.